The fourth-order valence-corrected chi connectivity index (χ4v) is 3.12. The molecule has 27 heavy (non-hydrogen) atoms. The maximum Gasteiger partial charge on any atom is 0.336 e. The molecule has 2 aliphatic rings. The van der Waals surface area contributed by atoms with Crippen molar-refractivity contribution in [2.45, 2.75) is 0 Å². The Labute approximate surface area is 152 Å². The third-order valence-corrected chi connectivity index (χ3v) is 4.35. The number of carboxylic acid groups (broad SMARTS) is 2. The van der Waals surface area contributed by atoms with Crippen LogP contribution in [0.3, 0.4) is 0 Å². The van der Waals surface area contributed by atoms with Crippen LogP contribution < -0.4 is 5.43 Å². The molecule has 2 N–H and O–H groups in total. The summed E-state index contributed by atoms with van der Waals surface area (Å²) in [7, 11) is 0. The van der Waals surface area contributed by atoms with Crippen molar-refractivity contribution in [1.82, 2.24) is 0 Å². The zero-order chi connectivity index (χ0) is 19.1. The van der Waals surface area contributed by atoms with Crippen molar-refractivity contribution < 1.29 is 24.2 Å². The minimum Gasteiger partial charge on any atom is -0.478 e. The number of rotatable bonds is 3. The molecule has 6 nitrogen and oxygen atoms in total. The molecular formula is C21H12O6. The van der Waals surface area contributed by atoms with Gasteiger partial charge in [-0.05, 0) is 41.5 Å². The Morgan fingerprint density at radius 2 is 1.52 bits per heavy atom. The van der Waals surface area contributed by atoms with E-state index in [-0.39, 0.29) is 16.6 Å². The summed E-state index contributed by atoms with van der Waals surface area (Å²) >= 11 is 0. The van der Waals surface area contributed by atoms with E-state index in [1.807, 2.05) is 24.3 Å². The molecule has 132 valence electrons. The van der Waals surface area contributed by atoms with Gasteiger partial charge in [0, 0.05) is 17.0 Å². The predicted molar refractivity (Wildman–Crippen MR) is 98.5 cm³/mol. The van der Waals surface area contributed by atoms with E-state index < -0.39 is 11.9 Å². The first-order valence-corrected chi connectivity index (χ1v) is 8.02. The van der Waals surface area contributed by atoms with Gasteiger partial charge in [0.2, 0.25) is 0 Å². The largest absolute Gasteiger partial charge is 0.478 e. The molecule has 0 unspecified atom stereocenters. The second-order valence-electron chi connectivity index (χ2n) is 6.04. The van der Waals surface area contributed by atoms with E-state index in [2.05, 4.69) is 0 Å². The predicted octanol–water partition coefficient (Wildman–Crippen LogP) is 3.96. The molecule has 6 heteroatoms. The minimum atomic E-state index is -1.35. The SMILES string of the molecule is O=C(O)c1ccc(-c2cc(=O)cc3oc4ccccc4cc2-3)cc1C(=O)O. The van der Waals surface area contributed by atoms with Crippen LogP contribution in [-0.4, -0.2) is 22.2 Å². The molecule has 0 amide bonds. The normalized spacial score (nSPS) is 11.0. The lowest BCUT2D eigenvalue weighted by Gasteiger charge is -2.13. The van der Waals surface area contributed by atoms with Gasteiger partial charge < -0.3 is 14.6 Å². The Kier molecular flexibility index (Phi) is 3.74. The Morgan fingerprint density at radius 3 is 2.26 bits per heavy atom. The quantitative estimate of drug-likeness (QED) is 0.536. The lowest BCUT2D eigenvalue weighted by molar-refractivity contribution is 0.0651. The summed E-state index contributed by atoms with van der Waals surface area (Å²) in [4.78, 5) is 34.9. The summed E-state index contributed by atoms with van der Waals surface area (Å²) in [5.74, 6) is -2.32. The van der Waals surface area contributed by atoms with E-state index in [4.69, 9.17) is 4.42 Å². The topological polar surface area (TPSA) is 105 Å². The van der Waals surface area contributed by atoms with E-state index in [0.29, 0.717) is 28.0 Å². The first-order valence-electron chi connectivity index (χ1n) is 8.02. The van der Waals surface area contributed by atoms with Gasteiger partial charge in [0.15, 0.2) is 5.43 Å². The van der Waals surface area contributed by atoms with E-state index in [1.165, 1.54) is 30.3 Å². The number of carbonyl (C=O) groups is 2. The van der Waals surface area contributed by atoms with Gasteiger partial charge in [-0.2, -0.15) is 0 Å². The molecule has 1 aliphatic heterocycles. The van der Waals surface area contributed by atoms with Gasteiger partial charge in [0.1, 0.15) is 11.3 Å². The molecule has 0 spiro atoms. The number of hydrogen-bond donors (Lipinski definition) is 2. The van der Waals surface area contributed by atoms with Gasteiger partial charge >= 0.3 is 11.9 Å². The summed E-state index contributed by atoms with van der Waals surface area (Å²) in [5, 5.41) is 19.4. The van der Waals surface area contributed by atoms with Crippen LogP contribution in [0.15, 0.2) is 69.9 Å². The van der Waals surface area contributed by atoms with Crippen molar-refractivity contribution in [1.29, 1.82) is 0 Å². The molecule has 4 rings (SSSR count). The zero-order valence-corrected chi connectivity index (χ0v) is 13.8. The number of hydrogen-bond acceptors (Lipinski definition) is 4. The third-order valence-electron chi connectivity index (χ3n) is 4.35. The average Bonchev–Trinajstić information content (AvgIpc) is 2.65. The van der Waals surface area contributed by atoms with E-state index in [0.717, 1.165) is 5.39 Å². The fourth-order valence-electron chi connectivity index (χ4n) is 3.12. The fraction of sp³-hybridized carbons (Fsp3) is 0. The van der Waals surface area contributed by atoms with E-state index in [9.17, 15) is 24.6 Å². The first-order chi connectivity index (χ1) is 12.9. The monoisotopic (exact) mass is 360 g/mol. The molecule has 0 saturated carbocycles. The van der Waals surface area contributed by atoms with Crippen LogP contribution in [0.4, 0.5) is 0 Å². The molecular weight excluding hydrogens is 348 g/mol. The summed E-state index contributed by atoms with van der Waals surface area (Å²) in [6.45, 7) is 0. The highest BCUT2D eigenvalue weighted by Gasteiger charge is 2.20. The summed E-state index contributed by atoms with van der Waals surface area (Å²) < 4.78 is 5.82. The van der Waals surface area contributed by atoms with Crippen LogP contribution in [0.25, 0.3) is 33.4 Å². The zero-order valence-electron chi connectivity index (χ0n) is 13.8. The van der Waals surface area contributed by atoms with Crippen LogP contribution in [-0.2, 0) is 0 Å². The molecule has 0 aromatic heterocycles. The van der Waals surface area contributed by atoms with Gasteiger partial charge in [0.25, 0.3) is 0 Å². The van der Waals surface area contributed by atoms with Crippen molar-refractivity contribution in [2.24, 2.45) is 0 Å². The van der Waals surface area contributed by atoms with Crippen LogP contribution in [0.2, 0.25) is 0 Å². The summed E-state index contributed by atoms with van der Waals surface area (Å²) in [6, 6.07) is 15.9. The highest BCUT2D eigenvalue weighted by Crippen LogP contribution is 2.36. The third kappa shape index (κ3) is 2.83. The first kappa shape index (κ1) is 16.5. The molecule has 2 aromatic carbocycles. The number of carboxylic acids is 2. The molecule has 0 saturated heterocycles. The number of para-hydroxylation sites is 1. The molecule has 0 atom stereocenters. The standard InChI is InChI=1S/C21H12O6/c22-13-9-15(11-5-6-14(20(23)24)17(7-11)21(25)26)16-8-12-3-1-2-4-18(12)27-19(16)10-13/h1-10H,(H,23,24)(H,25,26). The Balaban J connectivity index is 2.03. The lowest BCUT2D eigenvalue weighted by atomic mass is 9.93. The maximum atomic E-state index is 12.1. The highest BCUT2D eigenvalue weighted by molar-refractivity contribution is 6.03. The maximum absolute atomic E-state index is 12.1. The van der Waals surface area contributed by atoms with Crippen molar-refractivity contribution in [3.05, 3.63) is 82.0 Å². The minimum absolute atomic E-state index is 0.296. The number of aromatic carboxylic acids is 2. The van der Waals surface area contributed by atoms with Crippen molar-refractivity contribution in [3.63, 3.8) is 0 Å². The molecule has 0 fully saturated rings. The highest BCUT2D eigenvalue weighted by atomic mass is 16.4. The van der Waals surface area contributed by atoms with Gasteiger partial charge in [-0.25, -0.2) is 9.59 Å². The average molecular weight is 360 g/mol. The molecule has 2 aromatic rings. The summed E-state index contributed by atoms with van der Waals surface area (Å²) in [6.07, 6.45) is 0. The molecule has 0 radical (unpaired) electrons. The second-order valence-corrected chi connectivity index (χ2v) is 6.04. The second kappa shape index (κ2) is 6.10. The van der Waals surface area contributed by atoms with Crippen LogP contribution in [0, 0.1) is 0 Å². The summed E-state index contributed by atoms with van der Waals surface area (Å²) in [5.41, 5.74) is 1.20. The van der Waals surface area contributed by atoms with Gasteiger partial charge in [-0.3, -0.25) is 4.79 Å². The Bertz CT molecular complexity index is 1250. The number of fused-ring (bicyclic) bond motifs is 2. The molecule has 1 heterocycles. The van der Waals surface area contributed by atoms with Crippen LogP contribution >= 0.6 is 0 Å². The molecule has 1 aliphatic carbocycles. The van der Waals surface area contributed by atoms with Crippen molar-refractivity contribution in [3.8, 4) is 22.5 Å². The van der Waals surface area contributed by atoms with Crippen LogP contribution in [0.1, 0.15) is 20.7 Å². The Morgan fingerprint density at radius 1 is 0.778 bits per heavy atom. The van der Waals surface area contributed by atoms with Gasteiger partial charge in [-0.1, -0.05) is 24.3 Å². The van der Waals surface area contributed by atoms with E-state index in [1.54, 1.807) is 6.07 Å². The number of benzene rings is 3. The Hall–Kier alpha value is -3.93. The van der Waals surface area contributed by atoms with E-state index >= 15 is 0 Å². The van der Waals surface area contributed by atoms with Gasteiger partial charge in [0.05, 0.1) is 11.1 Å². The van der Waals surface area contributed by atoms with Gasteiger partial charge in [-0.15, -0.1) is 0 Å². The smallest absolute Gasteiger partial charge is 0.336 e. The molecule has 0 bridgehead atoms. The van der Waals surface area contributed by atoms with Crippen LogP contribution in [0.5, 0.6) is 0 Å². The van der Waals surface area contributed by atoms with Crippen molar-refractivity contribution in [2.75, 3.05) is 0 Å². The lowest BCUT2D eigenvalue weighted by Crippen LogP contribution is -2.08. The van der Waals surface area contributed by atoms with Crippen molar-refractivity contribution >= 4 is 22.9 Å².